The minimum Gasteiger partial charge on any atom is -0.354 e. The first kappa shape index (κ1) is 17.5. The maximum absolute atomic E-state index is 11.9. The van der Waals surface area contributed by atoms with E-state index in [0.29, 0.717) is 19.4 Å². The predicted molar refractivity (Wildman–Crippen MR) is 90.8 cm³/mol. The molecule has 1 fully saturated rings. The highest BCUT2D eigenvalue weighted by atomic mass is 16.2. The molecule has 0 radical (unpaired) electrons. The van der Waals surface area contributed by atoms with Crippen LogP contribution < -0.4 is 10.6 Å². The number of hydrogen-bond acceptors (Lipinski definition) is 3. The van der Waals surface area contributed by atoms with Crippen molar-refractivity contribution in [2.24, 2.45) is 0 Å². The van der Waals surface area contributed by atoms with Gasteiger partial charge in [-0.25, -0.2) is 0 Å². The summed E-state index contributed by atoms with van der Waals surface area (Å²) in [5, 5.41) is 6.09. The van der Waals surface area contributed by atoms with Crippen LogP contribution in [0.4, 0.5) is 0 Å². The van der Waals surface area contributed by atoms with Crippen LogP contribution in [0.5, 0.6) is 0 Å². The number of hydrogen-bond donors (Lipinski definition) is 2. The smallest absolute Gasteiger partial charge is 0.220 e. The highest BCUT2D eigenvalue weighted by Crippen LogP contribution is 2.23. The lowest BCUT2D eigenvalue weighted by atomic mass is 9.98. The predicted octanol–water partition coefficient (Wildman–Crippen LogP) is 1.68. The summed E-state index contributed by atoms with van der Waals surface area (Å²) in [6.07, 6.45) is 1.78. The third kappa shape index (κ3) is 5.06. The van der Waals surface area contributed by atoms with Crippen molar-refractivity contribution >= 4 is 11.8 Å². The van der Waals surface area contributed by atoms with E-state index in [4.69, 9.17) is 0 Å². The molecule has 1 aromatic carbocycles. The Bertz CT molecular complexity index is 532. The zero-order valence-electron chi connectivity index (χ0n) is 14.1. The van der Waals surface area contributed by atoms with Crippen molar-refractivity contribution in [3.63, 3.8) is 0 Å². The Labute approximate surface area is 138 Å². The Morgan fingerprint density at radius 1 is 1.13 bits per heavy atom. The second-order valence-electron chi connectivity index (χ2n) is 6.26. The van der Waals surface area contributed by atoms with Crippen LogP contribution in [0.25, 0.3) is 0 Å². The lowest BCUT2D eigenvalue weighted by Crippen LogP contribution is -2.57. The monoisotopic (exact) mass is 317 g/mol. The molecule has 1 aliphatic heterocycles. The first-order valence-electron chi connectivity index (χ1n) is 8.41. The molecule has 1 unspecified atom stereocenters. The molecule has 0 bridgehead atoms. The molecule has 0 saturated carbocycles. The summed E-state index contributed by atoms with van der Waals surface area (Å²) in [5.41, 5.74) is 0.912. The molecule has 5 nitrogen and oxygen atoms in total. The number of benzene rings is 1. The van der Waals surface area contributed by atoms with E-state index in [0.717, 1.165) is 26.1 Å². The van der Waals surface area contributed by atoms with Crippen LogP contribution in [0.3, 0.4) is 0 Å². The Morgan fingerprint density at radius 3 is 2.48 bits per heavy atom. The summed E-state index contributed by atoms with van der Waals surface area (Å²) in [5.74, 6) is 0.0638. The first-order valence-corrected chi connectivity index (χ1v) is 8.41. The van der Waals surface area contributed by atoms with Crippen LogP contribution in [-0.2, 0) is 16.1 Å². The molecule has 1 aliphatic rings. The van der Waals surface area contributed by atoms with E-state index >= 15 is 0 Å². The second kappa shape index (κ2) is 8.11. The number of nitrogens with one attached hydrogen (secondary N) is 2. The number of carbonyl (C=O) groups excluding carboxylic acids is 2. The van der Waals surface area contributed by atoms with E-state index in [1.54, 1.807) is 0 Å². The lowest BCUT2D eigenvalue weighted by molar-refractivity contribution is -0.124. The van der Waals surface area contributed by atoms with E-state index in [1.807, 2.05) is 32.0 Å². The molecule has 2 rings (SSSR count). The maximum Gasteiger partial charge on any atom is 0.220 e. The van der Waals surface area contributed by atoms with Crippen LogP contribution in [0.1, 0.15) is 38.7 Å². The molecular formula is C18H27N3O2. The topological polar surface area (TPSA) is 61.4 Å². The molecule has 0 aromatic heterocycles. The van der Waals surface area contributed by atoms with Gasteiger partial charge >= 0.3 is 0 Å². The van der Waals surface area contributed by atoms with E-state index < -0.39 is 0 Å². The van der Waals surface area contributed by atoms with Crippen molar-refractivity contribution in [1.82, 2.24) is 15.5 Å². The van der Waals surface area contributed by atoms with Crippen LogP contribution in [0.2, 0.25) is 0 Å². The molecule has 1 heterocycles. The third-order valence-electron chi connectivity index (χ3n) is 4.35. The number of nitrogens with zero attached hydrogens (tertiary/aromatic N) is 1. The zero-order valence-corrected chi connectivity index (χ0v) is 14.1. The highest BCUT2D eigenvalue weighted by Gasteiger charge is 2.39. The van der Waals surface area contributed by atoms with Crippen molar-refractivity contribution in [3.8, 4) is 0 Å². The average Bonchev–Trinajstić information content (AvgIpc) is 2.96. The number of likely N-dealkylation sites (tertiary alicyclic amines) is 1. The van der Waals surface area contributed by atoms with Crippen molar-refractivity contribution < 1.29 is 9.59 Å². The molecule has 0 aliphatic carbocycles. The molecule has 0 spiro atoms. The van der Waals surface area contributed by atoms with Crippen molar-refractivity contribution in [2.75, 3.05) is 19.6 Å². The van der Waals surface area contributed by atoms with Gasteiger partial charge < -0.3 is 10.6 Å². The minimum absolute atomic E-state index is 0.0247. The second-order valence-corrected chi connectivity index (χ2v) is 6.26. The van der Waals surface area contributed by atoms with Gasteiger partial charge in [-0.2, -0.15) is 0 Å². The van der Waals surface area contributed by atoms with E-state index in [1.165, 1.54) is 5.56 Å². The van der Waals surface area contributed by atoms with Crippen LogP contribution in [-0.4, -0.2) is 41.9 Å². The Hall–Kier alpha value is -1.88. The number of amides is 2. The van der Waals surface area contributed by atoms with Crippen molar-refractivity contribution in [3.05, 3.63) is 35.9 Å². The van der Waals surface area contributed by atoms with Gasteiger partial charge in [-0.1, -0.05) is 44.2 Å². The minimum atomic E-state index is -0.354. The fourth-order valence-electron chi connectivity index (χ4n) is 3.00. The first-order chi connectivity index (χ1) is 11.1. The summed E-state index contributed by atoms with van der Waals surface area (Å²) >= 11 is 0. The summed E-state index contributed by atoms with van der Waals surface area (Å²) < 4.78 is 0. The largest absolute Gasteiger partial charge is 0.354 e. The standard InChI is InChI=1S/C18H27N3O2/c1-3-16(22)19-13-18(20-17(23)4-2)10-11-21(14-18)12-15-8-6-5-7-9-15/h5-9H,3-4,10-14H2,1-2H3,(H,19,22)(H,20,23). The lowest BCUT2D eigenvalue weighted by Gasteiger charge is -2.31. The maximum atomic E-state index is 11.9. The van der Waals surface area contributed by atoms with Gasteiger partial charge in [-0.15, -0.1) is 0 Å². The molecule has 1 saturated heterocycles. The van der Waals surface area contributed by atoms with E-state index in [2.05, 4.69) is 27.7 Å². The molecule has 1 atom stereocenters. The summed E-state index contributed by atoms with van der Waals surface area (Å²) in [6.45, 7) is 6.73. The molecule has 1 aromatic rings. The Kier molecular flexibility index (Phi) is 6.16. The summed E-state index contributed by atoms with van der Waals surface area (Å²) in [4.78, 5) is 25.8. The molecule has 5 heteroatoms. The van der Waals surface area contributed by atoms with Gasteiger partial charge in [0.1, 0.15) is 0 Å². The van der Waals surface area contributed by atoms with Crippen LogP contribution in [0.15, 0.2) is 30.3 Å². The fourth-order valence-corrected chi connectivity index (χ4v) is 3.00. The Balaban J connectivity index is 2.00. The van der Waals surface area contributed by atoms with E-state index in [-0.39, 0.29) is 17.4 Å². The average molecular weight is 317 g/mol. The Morgan fingerprint density at radius 2 is 1.83 bits per heavy atom. The SMILES string of the molecule is CCC(=O)NCC1(NC(=O)CC)CCN(Cc2ccccc2)C1. The molecular weight excluding hydrogens is 290 g/mol. The fraction of sp³-hybridized carbons (Fsp3) is 0.556. The van der Waals surface area contributed by atoms with Crippen LogP contribution in [0, 0.1) is 0 Å². The van der Waals surface area contributed by atoms with Gasteiger partial charge in [0.25, 0.3) is 0 Å². The molecule has 2 N–H and O–H groups in total. The molecule has 2 amide bonds. The zero-order chi connectivity index (χ0) is 16.7. The summed E-state index contributed by atoms with van der Waals surface area (Å²) in [6, 6.07) is 10.3. The van der Waals surface area contributed by atoms with Gasteiger partial charge in [0, 0.05) is 39.0 Å². The van der Waals surface area contributed by atoms with Gasteiger partial charge in [0.2, 0.25) is 11.8 Å². The highest BCUT2D eigenvalue weighted by molar-refractivity contribution is 5.77. The van der Waals surface area contributed by atoms with Gasteiger partial charge in [-0.05, 0) is 12.0 Å². The van der Waals surface area contributed by atoms with Crippen molar-refractivity contribution in [2.45, 2.75) is 45.2 Å². The number of carbonyl (C=O) groups is 2. The van der Waals surface area contributed by atoms with Crippen LogP contribution >= 0.6 is 0 Å². The summed E-state index contributed by atoms with van der Waals surface area (Å²) in [7, 11) is 0. The van der Waals surface area contributed by atoms with Gasteiger partial charge in [0.15, 0.2) is 0 Å². The molecule has 126 valence electrons. The van der Waals surface area contributed by atoms with Gasteiger partial charge in [-0.3, -0.25) is 14.5 Å². The van der Waals surface area contributed by atoms with E-state index in [9.17, 15) is 9.59 Å². The quantitative estimate of drug-likeness (QED) is 0.804. The third-order valence-corrected chi connectivity index (χ3v) is 4.35. The normalized spacial score (nSPS) is 21.1. The van der Waals surface area contributed by atoms with Crippen molar-refractivity contribution in [1.29, 1.82) is 0 Å². The molecule has 23 heavy (non-hydrogen) atoms. The van der Waals surface area contributed by atoms with Gasteiger partial charge in [0.05, 0.1) is 5.54 Å². The number of rotatable bonds is 7.